The highest BCUT2D eigenvalue weighted by Gasteiger charge is 2.24. The van der Waals surface area contributed by atoms with Gasteiger partial charge in [-0.3, -0.25) is 9.59 Å². The Morgan fingerprint density at radius 1 is 1.37 bits per heavy atom. The summed E-state index contributed by atoms with van der Waals surface area (Å²) >= 11 is 5.56. The molecule has 1 amide bonds. The molecule has 8 nitrogen and oxygen atoms in total. The van der Waals surface area contributed by atoms with E-state index >= 15 is 0 Å². The molecule has 0 bridgehead atoms. The Hall–Kier alpha value is -2.22. The first-order valence-electron chi connectivity index (χ1n) is 5.06. The van der Waals surface area contributed by atoms with Crippen LogP contribution in [0.25, 0.3) is 0 Å². The maximum atomic E-state index is 11.7. The average Bonchev–Trinajstić information content (AvgIpc) is 2.25. The van der Waals surface area contributed by atoms with Crippen molar-refractivity contribution in [1.82, 2.24) is 15.3 Å². The molecule has 3 N–H and O–H groups in total. The molecule has 0 saturated carbocycles. The number of carboxylic acids is 2. The third-order valence-electron chi connectivity index (χ3n) is 2.04. The number of rotatable bonds is 5. The highest BCUT2D eigenvalue weighted by atomic mass is 35.5. The average molecular weight is 288 g/mol. The number of carbonyl (C=O) groups excluding carboxylic acids is 1. The standard InChI is InChI=1S/C10H10ClN3O5/c1-4-2-5(14-10(11)12-4)8(17)13-6(9(18)19)3-7(15)16/h2,6H,3H2,1H3,(H,13,17)(H,15,16)(H,18,19)/t6-/m0/s1. The van der Waals surface area contributed by atoms with Crippen LogP contribution in [0.5, 0.6) is 0 Å². The van der Waals surface area contributed by atoms with Gasteiger partial charge in [-0.25, -0.2) is 14.8 Å². The maximum absolute atomic E-state index is 11.7. The minimum atomic E-state index is -1.54. The first-order chi connectivity index (χ1) is 8.79. The van der Waals surface area contributed by atoms with Gasteiger partial charge < -0.3 is 15.5 Å². The number of nitrogens with one attached hydrogen (secondary N) is 1. The summed E-state index contributed by atoms with van der Waals surface area (Å²) in [6.07, 6.45) is -0.737. The van der Waals surface area contributed by atoms with Gasteiger partial charge in [-0.1, -0.05) is 0 Å². The molecule has 0 spiro atoms. The van der Waals surface area contributed by atoms with Gasteiger partial charge in [-0.05, 0) is 24.6 Å². The van der Waals surface area contributed by atoms with Crippen molar-refractivity contribution in [2.24, 2.45) is 0 Å². The van der Waals surface area contributed by atoms with Crippen molar-refractivity contribution < 1.29 is 24.6 Å². The second-order valence-corrected chi connectivity index (χ2v) is 3.96. The van der Waals surface area contributed by atoms with Gasteiger partial charge in [0.05, 0.1) is 6.42 Å². The Morgan fingerprint density at radius 2 is 2.00 bits per heavy atom. The molecule has 0 fully saturated rings. The largest absolute Gasteiger partial charge is 0.481 e. The van der Waals surface area contributed by atoms with E-state index in [4.69, 9.17) is 21.8 Å². The molecule has 1 heterocycles. The molecule has 1 rings (SSSR count). The van der Waals surface area contributed by atoms with Crippen LogP contribution in [0.3, 0.4) is 0 Å². The summed E-state index contributed by atoms with van der Waals surface area (Å²) in [4.78, 5) is 40.4. The topological polar surface area (TPSA) is 129 Å². The number of carbonyl (C=O) groups is 3. The Bertz CT molecular complexity index is 514. The third-order valence-corrected chi connectivity index (χ3v) is 2.21. The van der Waals surface area contributed by atoms with Crippen LogP contribution in [0.2, 0.25) is 5.28 Å². The summed E-state index contributed by atoms with van der Waals surface area (Å²) in [5.41, 5.74) is 0.296. The molecule has 9 heteroatoms. The smallest absolute Gasteiger partial charge is 0.326 e. The zero-order chi connectivity index (χ0) is 14.6. The summed E-state index contributed by atoms with van der Waals surface area (Å²) in [7, 11) is 0. The highest BCUT2D eigenvalue weighted by molar-refractivity contribution is 6.28. The number of hydrogen-bond acceptors (Lipinski definition) is 5. The van der Waals surface area contributed by atoms with Crippen molar-refractivity contribution in [3.05, 3.63) is 22.7 Å². The van der Waals surface area contributed by atoms with Gasteiger partial charge in [-0.15, -0.1) is 0 Å². The zero-order valence-corrected chi connectivity index (χ0v) is 10.5. The van der Waals surface area contributed by atoms with Crippen LogP contribution in [0.4, 0.5) is 0 Å². The van der Waals surface area contributed by atoms with Crippen molar-refractivity contribution in [3.63, 3.8) is 0 Å². The molecule has 0 aromatic carbocycles. The van der Waals surface area contributed by atoms with E-state index < -0.39 is 30.3 Å². The lowest BCUT2D eigenvalue weighted by molar-refractivity contribution is -0.145. The SMILES string of the molecule is Cc1cc(C(=O)N[C@@H](CC(=O)O)C(=O)O)nc(Cl)n1. The van der Waals surface area contributed by atoms with Crippen LogP contribution >= 0.6 is 11.6 Å². The highest BCUT2D eigenvalue weighted by Crippen LogP contribution is 2.06. The van der Waals surface area contributed by atoms with Gasteiger partial charge in [0.15, 0.2) is 0 Å². The first kappa shape index (κ1) is 14.8. The summed E-state index contributed by atoms with van der Waals surface area (Å²) in [6.45, 7) is 1.58. The van der Waals surface area contributed by atoms with Crippen LogP contribution in [-0.4, -0.2) is 44.1 Å². The second-order valence-electron chi connectivity index (χ2n) is 3.63. The van der Waals surface area contributed by atoms with Gasteiger partial charge in [0.1, 0.15) is 11.7 Å². The number of nitrogens with zero attached hydrogens (tertiary/aromatic N) is 2. The first-order valence-corrected chi connectivity index (χ1v) is 5.44. The zero-order valence-electron chi connectivity index (χ0n) is 9.75. The van der Waals surface area contributed by atoms with Gasteiger partial charge in [0, 0.05) is 5.69 Å². The van der Waals surface area contributed by atoms with Gasteiger partial charge >= 0.3 is 11.9 Å². The van der Waals surface area contributed by atoms with E-state index in [9.17, 15) is 14.4 Å². The van der Waals surface area contributed by atoms with Gasteiger partial charge in [0.2, 0.25) is 5.28 Å². The molecule has 102 valence electrons. The predicted octanol–water partition coefficient (Wildman–Crippen LogP) is 0.0961. The van der Waals surface area contributed by atoms with E-state index in [0.29, 0.717) is 5.69 Å². The normalized spacial score (nSPS) is 11.7. The van der Waals surface area contributed by atoms with Crippen LogP contribution < -0.4 is 5.32 Å². The summed E-state index contributed by atoms with van der Waals surface area (Å²) < 4.78 is 0. The van der Waals surface area contributed by atoms with Crippen molar-refractivity contribution in [1.29, 1.82) is 0 Å². The molecule has 1 atom stereocenters. The molecule has 19 heavy (non-hydrogen) atoms. The van der Waals surface area contributed by atoms with Crippen LogP contribution in [0.1, 0.15) is 22.6 Å². The number of halogens is 1. The molecule has 0 radical (unpaired) electrons. The van der Waals surface area contributed by atoms with Crippen LogP contribution in [-0.2, 0) is 9.59 Å². The fraction of sp³-hybridized carbons (Fsp3) is 0.300. The Balaban J connectivity index is 2.87. The molecular weight excluding hydrogens is 278 g/mol. The Kier molecular flexibility index (Phi) is 4.76. The molecule has 0 unspecified atom stereocenters. The Labute approximate surface area is 112 Å². The lowest BCUT2D eigenvalue weighted by atomic mass is 10.2. The lowest BCUT2D eigenvalue weighted by Crippen LogP contribution is -2.42. The quantitative estimate of drug-likeness (QED) is 0.655. The predicted molar refractivity (Wildman–Crippen MR) is 62.9 cm³/mol. The monoisotopic (exact) mass is 287 g/mol. The summed E-state index contributed by atoms with van der Waals surface area (Å²) in [5, 5.41) is 19.2. The molecule has 0 saturated heterocycles. The number of amides is 1. The fourth-order valence-electron chi connectivity index (χ4n) is 1.26. The van der Waals surface area contributed by atoms with Crippen molar-refractivity contribution in [2.75, 3.05) is 0 Å². The molecular formula is C10H10ClN3O5. The molecule has 1 aromatic rings. The van der Waals surface area contributed by atoms with Crippen molar-refractivity contribution >= 4 is 29.4 Å². The van der Waals surface area contributed by atoms with E-state index in [-0.39, 0.29) is 11.0 Å². The minimum absolute atomic E-state index is 0.130. The molecule has 0 aliphatic carbocycles. The lowest BCUT2D eigenvalue weighted by Gasteiger charge is -2.12. The van der Waals surface area contributed by atoms with E-state index in [1.807, 2.05) is 0 Å². The van der Waals surface area contributed by atoms with E-state index in [0.717, 1.165) is 0 Å². The number of aromatic nitrogens is 2. The van der Waals surface area contributed by atoms with E-state index in [1.54, 1.807) is 6.92 Å². The van der Waals surface area contributed by atoms with Crippen molar-refractivity contribution in [3.8, 4) is 0 Å². The number of hydrogen-bond donors (Lipinski definition) is 3. The number of carboxylic acid groups (broad SMARTS) is 2. The van der Waals surface area contributed by atoms with Crippen molar-refractivity contribution in [2.45, 2.75) is 19.4 Å². The molecule has 0 aliphatic heterocycles. The maximum Gasteiger partial charge on any atom is 0.326 e. The van der Waals surface area contributed by atoms with Crippen LogP contribution in [0, 0.1) is 6.92 Å². The van der Waals surface area contributed by atoms with E-state index in [1.165, 1.54) is 6.07 Å². The minimum Gasteiger partial charge on any atom is -0.481 e. The summed E-state index contributed by atoms with van der Waals surface area (Å²) in [6, 6.07) is -0.236. The summed E-state index contributed by atoms with van der Waals surface area (Å²) in [5.74, 6) is -3.63. The van der Waals surface area contributed by atoms with Gasteiger partial charge in [0.25, 0.3) is 5.91 Å². The van der Waals surface area contributed by atoms with Gasteiger partial charge in [-0.2, -0.15) is 0 Å². The van der Waals surface area contributed by atoms with E-state index in [2.05, 4.69) is 15.3 Å². The number of aliphatic carboxylic acids is 2. The number of aryl methyl sites for hydroxylation is 1. The molecule has 1 aromatic heterocycles. The fourth-order valence-corrected chi connectivity index (χ4v) is 1.48. The molecule has 0 aliphatic rings. The second kappa shape index (κ2) is 6.10. The third kappa shape index (κ3) is 4.51. The Morgan fingerprint density at radius 3 is 2.47 bits per heavy atom. The van der Waals surface area contributed by atoms with Crippen LogP contribution in [0.15, 0.2) is 6.07 Å².